The van der Waals surface area contributed by atoms with Gasteiger partial charge in [-0.2, -0.15) is 0 Å². The minimum Gasteiger partial charge on any atom is -0.308 e. The Morgan fingerprint density at radius 2 is 0.895 bits per heavy atom. The summed E-state index contributed by atoms with van der Waals surface area (Å²) in [7, 11) is 0. The third-order valence-electron chi connectivity index (χ3n) is 12.0. The molecule has 0 aliphatic heterocycles. The van der Waals surface area contributed by atoms with Crippen LogP contribution in [0.4, 0.5) is 0 Å². The molecule has 9 aromatic carbocycles. The van der Waals surface area contributed by atoms with Gasteiger partial charge in [-0.3, -0.25) is 4.98 Å². The van der Waals surface area contributed by atoms with Crippen molar-refractivity contribution in [1.29, 1.82) is 0 Å². The largest absolute Gasteiger partial charge is 0.308 e. The molecule has 0 radical (unpaired) electrons. The van der Waals surface area contributed by atoms with E-state index in [1.54, 1.807) is 0 Å². The minimum absolute atomic E-state index is 1.11. The summed E-state index contributed by atoms with van der Waals surface area (Å²) >= 11 is 0. The van der Waals surface area contributed by atoms with E-state index in [1.165, 1.54) is 105 Å². The topological polar surface area (TPSA) is 17.8 Å². The van der Waals surface area contributed by atoms with Crippen LogP contribution in [0.2, 0.25) is 0 Å². The van der Waals surface area contributed by atoms with E-state index in [-0.39, 0.29) is 0 Å². The highest BCUT2D eigenvalue weighted by Crippen LogP contribution is 2.58. The average Bonchev–Trinajstić information content (AvgIpc) is 3.80. The first-order valence-corrected chi connectivity index (χ1v) is 19.6. The summed E-state index contributed by atoms with van der Waals surface area (Å²) < 4.78 is 2.33. The molecule has 0 spiro atoms. The van der Waals surface area contributed by atoms with Crippen LogP contribution in [0.1, 0.15) is 0 Å². The maximum Gasteiger partial charge on any atom is 0.0724 e. The predicted octanol–water partition coefficient (Wildman–Crippen LogP) is 14.8. The molecule has 1 aliphatic rings. The summed E-state index contributed by atoms with van der Waals surface area (Å²) in [5, 5.41) is 7.56. The Morgan fingerprint density at radius 3 is 1.63 bits per heavy atom. The minimum atomic E-state index is 1.11. The highest BCUT2D eigenvalue weighted by atomic mass is 15.0. The van der Waals surface area contributed by atoms with E-state index >= 15 is 0 Å². The van der Waals surface area contributed by atoms with Gasteiger partial charge in [0.05, 0.1) is 17.2 Å². The van der Waals surface area contributed by atoms with E-state index in [0.717, 1.165) is 11.2 Å². The Kier molecular flexibility index (Phi) is 6.96. The fraction of sp³-hybridized carbons (Fsp3) is 0. The molecule has 0 unspecified atom stereocenters. The van der Waals surface area contributed by atoms with Gasteiger partial charge in [-0.25, -0.2) is 0 Å². The third-order valence-corrected chi connectivity index (χ3v) is 12.0. The van der Waals surface area contributed by atoms with Crippen molar-refractivity contribution in [2.24, 2.45) is 0 Å². The molecular formula is C55H34N2. The normalized spacial score (nSPS) is 11.9. The number of hydrogen-bond donors (Lipinski definition) is 0. The van der Waals surface area contributed by atoms with Crippen molar-refractivity contribution in [3.63, 3.8) is 0 Å². The Labute approximate surface area is 330 Å². The van der Waals surface area contributed by atoms with Crippen molar-refractivity contribution < 1.29 is 0 Å². The highest BCUT2D eigenvalue weighted by Gasteiger charge is 2.31. The molecule has 0 amide bonds. The van der Waals surface area contributed by atoms with Crippen LogP contribution in [0, 0.1) is 0 Å². The number of aromatic nitrogens is 2. The van der Waals surface area contributed by atoms with E-state index in [0.29, 0.717) is 0 Å². The van der Waals surface area contributed by atoms with E-state index in [4.69, 9.17) is 0 Å². The number of fused-ring (bicyclic) bond motifs is 7. The van der Waals surface area contributed by atoms with Crippen LogP contribution in [0.5, 0.6) is 0 Å². The second-order valence-corrected chi connectivity index (χ2v) is 15.0. The van der Waals surface area contributed by atoms with Gasteiger partial charge in [-0.15, -0.1) is 0 Å². The van der Waals surface area contributed by atoms with Gasteiger partial charge in [0.25, 0.3) is 0 Å². The second kappa shape index (κ2) is 12.5. The predicted molar refractivity (Wildman–Crippen MR) is 240 cm³/mol. The zero-order chi connectivity index (χ0) is 37.5. The zero-order valence-corrected chi connectivity index (χ0v) is 31.0. The van der Waals surface area contributed by atoms with Crippen LogP contribution < -0.4 is 0 Å². The summed E-state index contributed by atoms with van der Waals surface area (Å²) in [6, 6.07) is 71.2. The molecule has 0 bridgehead atoms. The molecule has 0 fully saturated rings. The van der Waals surface area contributed by atoms with Crippen molar-refractivity contribution in [1.82, 2.24) is 9.55 Å². The van der Waals surface area contributed by atoms with E-state index in [1.807, 2.05) is 12.4 Å². The first-order valence-electron chi connectivity index (χ1n) is 19.6. The van der Waals surface area contributed by atoms with Crippen LogP contribution in [0.15, 0.2) is 207 Å². The number of para-hydroxylation sites is 1. The first kappa shape index (κ1) is 31.8. The zero-order valence-electron chi connectivity index (χ0n) is 31.0. The van der Waals surface area contributed by atoms with Gasteiger partial charge < -0.3 is 4.57 Å². The standard InChI is InChI=1S/C55H34N2/c1-4-13-35(14-5-1)39-25-28-45-48(33-39)52(38-17-8-3-9-18-38)54-46-21-12-20-44-41(29-30-47(53(44)46)55(54)51(45)37-15-6-2-7-16-37)36-23-26-40(27-24-36)57-49-22-11-10-19-42(49)43-31-32-56-34-50(43)57/h1-34H. The monoisotopic (exact) mass is 722 g/mol. The lowest BCUT2D eigenvalue weighted by Crippen LogP contribution is -1.94. The third kappa shape index (κ3) is 4.74. The number of hydrogen-bond acceptors (Lipinski definition) is 1. The lowest BCUT2D eigenvalue weighted by Gasteiger charge is -2.21. The molecule has 0 saturated heterocycles. The van der Waals surface area contributed by atoms with Crippen molar-refractivity contribution in [3.8, 4) is 72.4 Å². The molecule has 2 heterocycles. The molecule has 2 heteroatoms. The maximum absolute atomic E-state index is 4.50. The maximum atomic E-state index is 4.50. The number of benzene rings is 9. The molecule has 0 atom stereocenters. The van der Waals surface area contributed by atoms with Gasteiger partial charge >= 0.3 is 0 Å². The van der Waals surface area contributed by atoms with Gasteiger partial charge in [0.2, 0.25) is 0 Å². The Hall–Kier alpha value is -7.55. The highest BCUT2D eigenvalue weighted by molar-refractivity contribution is 6.29. The van der Waals surface area contributed by atoms with Crippen LogP contribution in [-0.2, 0) is 0 Å². The lowest BCUT2D eigenvalue weighted by atomic mass is 9.82. The van der Waals surface area contributed by atoms with E-state index < -0.39 is 0 Å². The summed E-state index contributed by atoms with van der Waals surface area (Å²) in [4.78, 5) is 4.50. The molecule has 11 aromatic rings. The Morgan fingerprint density at radius 1 is 0.316 bits per heavy atom. The number of pyridine rings is 1. The first-order chi connectivity index (χ1) is 28.3. The molecule has 57 heavy (non-hydrogen) atoms. The van der Waals surface area contributed by atoms with Gasteiger partial charge in [0.1, 0.15) is 0 Å². The van der Waals surface area contributed by atoms with Gasteiger partial charge in [-0.1, -0.05) is 164 Å². The Bertz CT molecular complexity index is 3310. The van der Waals surface area contributed by atoms with E-state index in [2.05, 4.69) is 204 Å². The van der Waals surface area contributed by atoms with Crippen molar-refractivity contribution >= 4 is 43.4 Å². The fourth-order valence-corrected chi connectivity index (χ4v) is 9.61. The lowest BCUT2D eigenvalue weighted by molar-refractivity contribution is 1.17. The fourth-order valence-electron chi connectivity index (χ4n) is 9.61. The van der Waals surface area contributed by atoms with Crippen LogP contribution >= 0.6 is 0 Å². The summed E-state index contributed by atoms with van der Waals surface area (Å²) in [6.45, 7) is 0. The molecule has 12 rings (SSSR count). The molecule has 0 saturated carbocycles. The molecule has 264 valence electrons. The molecule has 1 aliphatic carbocycles. The number of rotatable bonds is 5. The van der Waals surface area contributed by atoms with Crippen molar-refractivity contribution in [3.05, 3.63) is 207 Å². The number of nitrogens with zero attached hydrogens (tertiary/aromatic N) is 2. The van der Waals surface area contributed by atoms with Crippen LogP contribution in [0.25, 0.3) is 116 Å². The van der Waals surface area contributed by atoms with Gasteiger partial charge in [0, 0.05) is 22.7 Å². The SMILES string of the molecule is c1ccc(-c2ccc3c(-c4ccccc4)c4c(c(-c5ccccc5)c3c2)-c2cccc3c(-c5ccc(-n6c7ccccc7c7ccncc76)cc5)ccc-4c23)cc1. The summed E-state index contributed by atoms with van der Waals surface area (Å²) in [5.41, 5.74) is 18.5. The van der Waals surface area contributed by atoms with Crippen molar-refractivity contribution in [2.75, 3.05) is 0 Å². The summed E-state index contributed by atoms with van der Waals surface area (Å²) in [5.74, 6) is 0. The molecule has 2 aromatic heterocycles. The van der Waals surface area contributed by atoms with Crippen LogP contribution in [-0.4, -0.2) is 9.55 Å². The van der Waals surface area contributed by atoms with Crippen molar-refractivity contribution in [2.45, 2.75) is 0 Å². The van der Waals surface area contributed by atoms with Crippen LogP contribution in [0.3, 0.4) is 0 Å². The molecule has 0 N–H and O–H groups in total. The van der Waals surface area contributed by atoms with E-state index in [9.17, 15) is 0 Å². The summed E-state index contributed by atoms with van der Waals surface area (Å²) in [6.07, 6.45) is 3.86. The Balaban J connectivity index is 1.11. The molecular weight excluding hydrogens is 689 g/mol. The van der Waals surface area contributed by atoms with Gasteiger partial charge in [0.15, 0.2) is 0 Å². The average molecular weight is 723 g/mol. The van der Waals surface area contributed by atoms with Gasteiger partial charge in [-0.05, 0) is 119 Å². The second-order valence-electron chi connectivity index (χ2n) is 15.0. The quantitative estimate of drug-likeness (QED) is 0.173. The molecule has 2 nitrogen and oxygen atoms in total. The smallest absolute Gasteiger partial charge is 0.0724 e.